The molecule has 1 heterocycles. The van der Waals surface area contributed by atoms with Crippen molar-refractivity contribution in [3.8, 4) is 0 Å². The smallest absolute Gasteiger partial charge is 0.326 e. The van der Waals surface area contributed by atoms with Crippen LogP contribution < -0.4 is 11.1 Å². The lowest BCUT2D eigenvalue weighted by molar-refractivity contribution is -0.140. The van der Waals surface area contributed by atoms with Crippen LogP contribution in [-0.4, -0.2) is 60.3 Å². The minimum atomic E-state index is -1.31. The Balaban J connectivity index is 2.45. The standard InChI is InChI=1S/C11H19N3O5/c1-14(6-7-3-2-4-19-7)11(18)13-8(10(16)17)5-9(12)15/h7-8H,2-6H2,1H3,(H2,12,15)(H,13,18)(H,16,17)/t7?,8-/m0/s1. The van der Waals surface area contributed by atoms with E-state index in [4.69, 9.17) is 15.6 Å². The van der Waals surface area contributed by atoms with E-state index in [9.17, 15) is 14.4 Å². The maximum absolute atomic E-state index is 11.8. The van der Waals surface area contributed by atoms with Crippen LogP contribution in [0.25, 0.3) is 0 Å². The van der Waals surface area contributed by atoms with Crippen molar-refractivity contribution >= 4 is 17.9 Å². The molecular weight excluding hydrogens is 254 g/mol. The van der Waals surface area contributed by atoms with Crippen molar-refractivity contribution in [2.75, 3.05) is 20.2 Å². The van der Waals surface area contributed by atoms with Gasteiger partial charge in [-0.3, -0.25) is 4.79 Å². The molecule has 8 heteroatoms. The molecule has 8 nitrogen and oxygen atoms in total. The number of primary amides is 1. The molecule has 1 fully saturated rings. The van der Waals surface area contributed by atoms with Crippen molar-refractivity contribution in [2.45, 2.75) is 31.4 Å². The summed E-state index contributed by atoms with van der Waals surface area (Å²) in [4.78, 5) is 34.7. The normalized spacial score (nSPS) is 19.7. The van der Waals surface area contributed by atoms with Gasteiger partial charge >= 0.3 is 12.0 Å². The Morgan fingerprint density at radius 1 is 1.53 bits per heavy atom. The number of carboxylic acids is 1. The Morgan fingerprint density at radius 3 is 2.68 bits per heavy atom. The lowest BCUT2D eigenvalue weighted by atomic mass is 10.2. The molecular formula is C11H19N3O5. The second kappa shape index (κ2) is 6.93. The maximum Gasteiger partial charge on any atom is 0.326 e. The molecule has 1 aliphatic rings. The van der Waals surface area contributed by atoms with Gasteiger partial charge in [-0.1, -0.05) is 0 Å². The molecule has 0 aromatic carbocycles. The molecule has 1 rings (SSSR count). The molecule has 4 N–H and O–H groups in total. The van der Waals surface area contributed by atoms with Gasteiger partial charge in [0.05, 0.1) is 12.5 Å². The van der Waals surface area contributed by atoms with Crippen LogP contribution in [0.3, 0.4) is 0 Å². The highest BCUT2D eigenvalue weighted by Crippen LogP contribution is 2.12. The van der Waals surface area contributed by atoms with Gasteiger partial charge in [-0.05, 0) is 12.8 Å². The number of aliphatic carboxylic acids is 1. The van der Waals surface area contributed by atoms with Gasteiger partial charge in [-0.2, -0.15) is 0 Å². The number of rotatable bonds is 6. The molecule has 0 radical (unpaired) electrons. The summed E-state index contributed by atoms with van der Waals surface area (Å²) in [6.45, 7) is 1.06. The van der Waals surface area contributed by atoms with Crippen LogP contribution in [0.2, 0.25) is 0 Å². The molecule has 1 saturated heterocycles. The lowest BCUT2D eigenvalue weighted by Crippen LogP contribution is -2.49. The molecule has 0 aromatic rings. The minimum Gasteiger partial charge on any atom is -0.480 e. The van der Waals surface area contributed by atoms with E-state index in [1.807, 2.05) is 0 Å². The van der Waals surface area contributed by atoms with Crippen molar-refractivity contribution in [1.82, 2.24) is 10.2 Å². The topological polar surface area (TPSA) is 122 Å². The molecule has 1 aliphatic heterocycles. The maximum atomic E-state index is 11.8. The summed E-state index contributed by atoms with van der Waals surface area (Å²) in [7, 11) is 1.54. The molecule has 0 spiro atoms. The number of nitrogens with two attached hydrogens (primary N) is 1. The van der Waals surface area contributed by atoms with E-state index in [2.05, 4.69) is 5.32 Å². The summed E-state index contributed by atoms with van der Waals surface area (Å²) in [5, 5.41) is 11.1. The second-order valence-electron chi connectivity index (χ2n) is 4.53. The fraction of sp³-hybridized carbons (Fsp3) is 0.727. The van der Waals surface area contributed by atoms with Crippen LogP contribution in [0, 0.1) is 0 Å². The van der Waals surface area contributed by atoms with Gasteiger partial charge in [0.15, 0.2) is 0 Å². The number of likely N-dealkylation sites (N-methyl/N-ethyl adjacent to an activating group) is 1. The number of amides is 3. The number of nitrogens with zero attached hydrogens (tertiary/aromatic N) is 1. The Labute approximate surface area is 110 Å². The number of hydrogen-bond acceptors (Lipinski definition) is 4. The van der Waals surface area contributed by atoms with E-state index in [1.165, 1.54) is 4.90 Å². The average molecular weight is 273 g/mol. The molecule has 0 saturated carbocycles. The molecule has 0 bridgehead atoms. The van der Waals surface area contributed by atoms with Crippen LogP contribution in [0.5, 0.6) is 0 Å². The van der Waals surface area contributed by atoms with Gasteiger partial charge in [-0.15, -0.1) is 0 Å². The first-order chi connectivity index (χ1) is 8.90. The third kappa shape index (κ3) is 5.12. The predicted octanol–water partition coefficient (Wildman–Crippen LogP) is -0.865. The van der Waals surface area contributed by atoms with Gasteiger partial charge in [0, 0.05) is 20.2 Å². The van der Waals surface area contributed by atoms with Crippen LogP contribution in [0.4, 0.5) is 4.79 Å². The zero-order valence-electron chi connectivity index (χ0n) is 10.8. The van der Waals surface area contributed by atoms with Crippen LogP contribution in [0.1, 0.15) is 19.3 Å². The fourth-order valence-corrected chi connectivity index (χ4v) is 1.84. The summed E-state index contributed by atoms with van der Waals surface area (Å²) < 4.78 is 5.38. The number of nitrogens with one attached hydrogen (secondary N) is 1. The Bertz CT molecular complexity index is 354. The molecule has 19 heavy (non-hydrogen) atoms. The zero-order valence-corrected chi connectivity index (χ0v) is 10.8. The first kappa shape index (κ1) is 15.2. The van der Waals surface area contributed by atoms with Gasteiger partial charge in [-0.25, -0.2) is 9.59 Å². The average Bonchev–Trinajstić information content (AvgIpc) is 2.79. The van der Waals surface area contributed by atoms with Crippen LogP contribution in [-0.2, 0) is 14.3 Å². The van der Waals surface area contributed by atoms with Gasteiger partial charge in [0.25, 0.3) is 0 Å². The molecule has 1 unspecified atom stereocenters. The van der Waals surface area contributed by atoms with E-state index in [-0.39, 0.29) is 6.10 Å². The molecule has 3 amide bonds. The van der Waals surface area contributed by atoms with E-state index < -0.39 is 30.4 Å². The van der Waals surface area contributed by atoms with Gasteiger partial charge < -0.3 is 25.8 Å². The first-order valence-corrected chi connectivity index (χ1v) is 6.04. The van der Waals surface area contributed by atoms with E-state index >= 15 is 0 Å². The zero-order chi connectivity index (χ0) is 14.4. The van der Waals surface area contributed by atoms with Gasteiger partial charge in [0.2, 0.25) is 5.91 Å². The fourth-order valence-electron chi connectivity index (χ4n) is 1.84. The highest BCUT2D eigenvalue weighted by atomic mass is 16.5. The monoisotopic (exact) mass is 273 g/mol. The van der Waals surface area contributed by atoms with Crippen molar-refractivity contribution in [3.63, 3.8) is 0 Å². The molecule has 0 aliphatic carbocycles. The number of carbonyl (C=O) groups excluding carboxylic acids is 2. The van der Waals surface area contributed by atoms with Gasteiger partial charge in [0.1, 0.15) is 6.04 Å². The van der Waals surface area contributed by atoms with E-state index in [0.29, 0.717) is 13.2 Å². The lowest BCUT2D eigenvalue weighted by Gasteiger charge is -2.23. The van der Waals surface area contributed by atoms with Crippen LogP contribution >= 0.6 is 0 Å². The number of urea groups is 1. The van der Waals surface area contributed by atoms with Crippen LogP contribution in [0.15, 0.2) is 0 Å². The summed E-state index contributed by atoms with van der Waals surface area (Å²) in [6, 6.07) is -1.87. The van der Waals surface area contributed by atoms with E-state index in [1.54, 1.807) is 7.05 Å². The Kier molecular flexibility index (Phi) is 5.56. The number of ether oxygens (including phenoxy) is 1. The molecule has 108 valence electrons. The summed E-state index contributed by atoms with van der Waals surface area (Å²) >= 11 is 0. The molecule has 0 aromatic heterocycles. The van der Waals surface area contributed by atoms with Crippen molar-refractivity contribution < 1.29 is 24.2 Å². The largest absolute Gasteiger partial charge is 0.480 e. The summed E-state index contributed by atoms with van der Waals surface area (Å²) in [5.41, 5.74) is 4.93. The highest BCUT2D eigenvalue weighted by Gasteiger charge is 2.25. The van der Waals surface area contributed by atoms with Crippen molar-refractivity contribution in [3.05, 3.63) is 0 Å². The summed E-state index contributed by atoms with van der Waals surface area (Å²) in [5.74, 6) is -2.08. The first-order valence-electron chi connectivity index (χ1n) is 6.04. The second-order valence-corrected chi connectivity index (χ2v) is 4.53. The number of carboxylic acid groups (broad SMARTS) is 1. The quantitative estimate of drug-likeness (QED) is 0.581. The summed E-state index contributed by atoms with van der Waals surface area (Å²) in [6.07, 6.45) is 1.38. The SMILES string of the molecule is CN(CC1CCCO1)C(=O)N[C@@H](CC(N)=O)C(=O)O. The van der Waals surface area contributed by atoms with Crippen molar-refractivity contribution in [1.29, 1.82) is 0 Å². The van der Waals surface area contributed by atoms with E-state index in [0.717, 1.165) is 12.8 Å². The Hall–Kier alpha value is -1.83. The Morgan fingerprint density at radius 2 is 2.21 bits per heavy atom. The third-order valence-corrected chi connectivity index (χ3v) is 2.85. The predicted molar refractivity (Wildman–Crippen MR) is 65.4 cm³/mol. The highest BCUT2D eigenvalue weighted by molar-refractivity contribution is 5.87. The number of carbonyl (C=O) groups is 3. The van der Waals surface area contributed by atoms with Crippen molar-refractivity contribution in [2.24, 2.45) is 5.73 Å². The molecule has 2 atom stereocenters. The third-order valence-electron chi connectivity index (χ3n) is 2.85. The number of hydrogen-bond donors (Lipinski definition) is 3. The minimum absolute atomic E-state index is 0.0184.